The first-order valence-corrected chi connectivity index (χ1v) is 37.1. The molecule has 39 nitrogen and oxygen atoms in total. The van der Waals surface area contributed by atoms with E-state index in [9.17, 15) is 60.9 Å². The van der Waals surface area contributed by atoms with Gasteiger partial charge in [-0.3, -0.25) is 10.4 Å². The predicted molar refractivity (Wildman–Crippen MR) is 361 cm³/mol. The van der Waals surface area contributed by atoms with Crippen LogP contribution in [0.3, 0.4) is 0 Å². The third-order valence-electron chi connectivity index (χ3n) is 22.5. The number of hydroxylamine groups is 2. The second-order valence-electron chi connectivity index (χ2n) is 29.9. The minimum Gasteiger partial charge on any atom is -0.508 e. The maximum Gasteiger partial charge on any atom is 0.342 e. The number of aliphatic hydroxyl groups is 5. The van der Waals surface area contributed by atoms with Crippen LogP contribution in [-0.4, -0.2) is 344 Å². The molecule has 2 aromatic carbocycles. The van der Waals surface area contributed by atoms with E-state index in [0.717, 1.165) is 6.07 Å². The zero-order valence-corrected chi connectivity index (χ0v) is 64.6. The number of carbonyl (C=O) groups is 2. The second-order valence-corrected chi connectivity index (χ2v) is 30.7. The Kier molecular flexibility index (Phi) is 25.5. The first-order chi connectivity index (χ1) is 52.6. The molecule has 0 bridgehead atoms. The molecule has 2 aromatic rings. The Labute approximate surface area is 646 Å². The SMILES string of the molecule is COC[C@H]1O[C@@H](O[C@@H]2OC[C@@H]3O[C@]4(OC[C@@H](OC(=O)c5c(C)cc(O)cc5O)[C@@H]5OCO[C@H]54)O[C@H]3[C@H]2O)[C@@H](OC)[C@@H](O)[C@@H]1O[C@@H]1O[C@H](C)[C@H](OC)[C@H](O[C@@H]2O[C@H](C)[C@H]3O[C@]4(C[C@@H](O)[C@H](O[C@H]5C[C@@H](O[C@H]6C[C@](C)(N(O)O)[C@@H](OC)[C@H](C)O6)[C@H](OC(=O)c6c(C)c(Cl)c(O)c(Cl)c6OC)[C@@H](C)O5)[C@@H](C)O4)O[C@]3(C)[C@@H]2O)[C@H]1O. The van der Waals surface area contributed by atoms with Gasteiger partial charge in [0.2, 0.25) is 0 Å². The lowest BCUT2D eigenvalue weighted by Gasteiger charge is -2.50. The zero-order valence-electron chi connectivity index (χ0n) is 63.1. The van der Waals surface area contributed by atoms with Crippen LogP contribution in [0.1, 0.15) is 99.6 Å². The number of fused-ring (bicyclic) bond motifs is 4. The van der Waals surface area contributed by atoms with Crippen molar-refractivity contribution in [2.75, 3.05) is 62.2 Å². The van der Waals surface area contributed by atoms with Gasteiger partial charge in [-0.15, -0.1) is 0 Å². The Morgan fingerprint density at radius 3 is 1.96 bits per heavy atom. The van der Waals surface area contributed by atoms with Crippen molar-refractivity contribution in [1.82, 2.24) is 5.23 Å². The number of methoxy groups -OCH3 is 5. The number of ether oxygens (including phenoxy) is 26. The van der Waals surface area contributed by atoms with Crippen LogP contribution in [0.5, 0.6) is 23.0 Å². The van der Waals surface area contributed by atoms with E-state index in [-0.39, 0.29) is 88.5 Å². The summed E-state index contributed by atoms with van der Waals surface area (Å²) in [6.45, 7) is 13.0. The van der Waals surface area contributed by atoms with Gasteiger partial charge >= 0.3 is 17.9 Å². The third kappa shape index (κ3) is 15.7. The number of aromatic hydroxyl groups is 3. The summed E-state index contributed by atoms with van der Waals surface area (Å²) in [6, 6.07) is 2.29. The van der Waals surface area contributed by atoms with E-state index in [4.69, 9.17) is 146 Å². The van der Waals surface area contributed by atoms with Crippen LogP contribution in [0.25, 0.3) is 0 Å². The van der Waals surface area contributed by atoms with Gasteiger partial charge in [-0.25, -0.2) is 9.59 Å². The van der Waals surface area contributed by atoms with Crippen LogP contribution in [0.15, 0.2) is 12.1 Å². The molecular weight excluding hydrogens is 1530 g/mol. The van der Waals surface area contributed by atoms with Gasteiger partial charge in [0.05, 0.1) is 75.0 Å². The smallest absolute Gasteiger partial charge is 0.342 e. The lowest BCUT2D eigenvalue weighted by atomic mass is 9.85. The molecule has 0 unspecified atom stereocenters. The monoisotopic (exact) mass is 1630 g/mol. The summed E-state index contributed by atoms with van der Waals surface area (Å²) < 4.78 is 160. The summed E-state index contributed by atoms with van der Waals surface area (Å²) in [7, 11) is 6.60. The van der Waals surface area contributed by atoms with Crippen molar-refractivity contribution in [1.29, 1.82) is 0 Å². The molecule has 0 aromatic heterocycles. The Hall–Kier alpha value is -4.08. The van der Waals surface area contributed by atoms with Gasteiger partial charge in [0.1, 0.15) is 143 Å². The van der Waals surface area contributed by atoms with Gasteiger partial charge in [-0.05, 0) is 79.5 Å². The van der Waals surface area contributed by atoms with E-state index in [1.54, 1.807) is 41.5 Å². The summed E-state index contributed by atoms with van der Waals surface area (Å²) in [6.07, 6.45) is -40.2. The average molecular weight is 1630 g/mol. The summed E-state index contributed by atoms with van der Waals surface area (Å²) in [5.41, 5.74) is -3.28. The molecule has 41 heteroatoms. The largest absolute Gasteiger partial charge is 0.508 e. The summed E-state index contributed by atoms with van der Waals surface area (Å²) >= 11 is 12.8. The van der Waals surface area contributed by atoms with Crippen LogP contribution < -0.4 is 4.74 Å². The number of carbonyl (C=O) groups excluding carboxylic acids is 2. The number of nitrogens with zero attached hydrogens (tertiary/aromatic N) is 1. The van der Waals surface area contributed by atoms with Crippen molar-refractivity contribution in [3.8, 4) is 23.0 Å². The number of hydrogen-bond donors (Lipinski definition) is 10. The van der Waals surface area contributed by atoms with E-state index in [1.807, 2.05) is 0 Å². The quantitative estimate of drug-likeness (QED) is 0.0617. The number of phenolic OH excluding ortho intramolecular Hbond substituents is 3. The molecule has 0 amide bonds. The molecule has 11 heterocycles. The number of aliphatic hydroxyl groups excluding tert-OH is 5. The first kappa shape index (κ1) is 84.8. The number of rotatable bonds is 21. The van der Waals surface area contributed by atoms with E-state index >= 15 is 0 Å². The van der Waals surface area contributed by atoms with Gasteiger partial charge in [-0.1, -0.05) is 28.4 Å². The highest BCUT2D eigenvalue weighted by atomic mass is 35.5. The number of halogens is 2. The van der Waals surface area contributed by atoms with Gasteiger partial charge in [0.15, 0.2) is 67.6 Å². The summed E-state index contributed by atoms with van der Waals surface area (Å²) in [5.74, 6) is -7.48. The molecule has 11 fully saturated rings. The molecule has 11 saturated heterocycles. The molecule has 10 N–H and O–H groups in total. The highest BCUT2D eigenvalue weighted by molar-refractivity contribution is 6.39. The summed E-state index contributed by atoms with van der Waals surface area (Å²) in [5, 5.41) is 113. The fourth-order valence-electron chi connectivity index (χ4n) is 17.0. The van der Waals surface area contributed by atoms with E-state index < -0.39 is 243 Å². The van der Waals surface area contributed by atoms with Crippen molar-refractivity contribution in [2.45, 2.75) is 295 Å². The fraction of sp³-hybridized carbons (Fsp3) is 0.800. The topological polar surface area (TPSA) is 480 Å². The number of benzene rings is 2. The van der Waals surface area contributed by atoms with Crippen molar-refractivity contribution < 1.29 is 184 Å². The highest BCUT2D eigenvalue weighted by Crippen LogP contribution is 2.53. The standard InChI is InChI=1S/C70H99Cl2NO38/c1-24-15-31(74)16-32(75)40(24)61(82)100-36-22-94-70(60-53(36)92-23-93-60)108-37-21-91-63(46(79)52(37)109-70)106-65-56(89-13)45(78)51(35(101-65)20-86-10)104-64-47(80)55(50(87-11)27(4)97-64)105-66-57(81)68(9)59(30(7)98-66)110-69(111-68)18-33(76)48(28(5)107-69)102-38-17-34(99-39-19-67(8,73(84)85)58(90-14)29(6)96-39)49(26(3)95-38)103-62(83)41-25(2)42(71)44(77)43(72)54(41)88-12/h15-16,26-30,33-39,45-53,55-60,63-66,74-81,84-85H,17-23H2,1-14H3/t26-,27-,28-,29+,30-,33-,34-,35-,36-,37+,38+,39+,45+,46-,47-,48-,49-,50+,51-,52-,53+,55-,56+,57-,58+,59-,60-,63+,64+,65+,66+,67+,68-,69-,70+/m1/s1. The Morgan fingerprint density at radius 2 is 1.29 bits per heavy atom. The first-order valence-electron chi connectivity index (χ1n) is 36.4. The van der Waals surface area contributed by atoms with E-state index in [2.05, 4.69) is 0 Å². The molecule has 11 aliphatic rings. The van der Waals surface area contributed by atoms with Gasteiger partial charge < -0.3 is 164 Å². The van der Waals surface area contributed by atoms with Crippen molar-refractivity contribution in [3.63, 3.8) is 0 Å². The zero-order chi connectivity index (χ0) is 80.2. The van der Waals surface area contributed by atoms with E-state index in [0.29, 0.717) is 0 Å². The minimum atomic E-state index is -2.05. The van der Waals surface area contributed by atoms with Crippen molar-refractivity contribution >= 4 is 35.1 Å². The molecule has 0 radical (unpaired) electrons. The minimum absolute atomic E-state index is 0.0316. The maximum absolute atomic E-state index is 14.3. The van der Waals surface area contributed by atoms with Crippen LogP contribution >= 0.6 is 23.2 Å². The van der Waals surface area contributed by atoms with Crippen molar-refractivity contribution in [2.24, 2.45) is 0 Å². The van der Waals surface area contributed by atoms with Crippen molar-refractivity contribution in [3.05, 3.63) is 44.4 Å². The molecular formula is C70H99Cl2NO38. The number of phenols is 3. The van der Waals surface area contributed by atoms with Gasteiger partial charge in [0, 0.05) is 47.3 Å². The molecule has 35 atom stereocenters. The van der Waals surface area contributed by atoms with Gasteiger partial charge in [0.25, 0.3) is 5.97 Å². The molecule has 11 aliphatic heterocycles. The number of aryl methyl sites for hydroxylation is 1. The van der Waals surface area contributed by atoms with E-state index in [1.165, 1.54) is 62.4 Å². The second kappa shape index (κ2) is 33.4. The molecule has 13 rings (SSSR count). The van der Waals surface area contributed by atoms with Crippen LogP contribution in [-0.2, 0) is 118 Å². The number of hydrogen-bond acceptors (Lipinski definition) is 39. The average Bonchev–Trinajstić information content (AvgIpc) is 1.58. The third-order valence-corrected chi connectivity index (χ3v) is 23.3. The maximum atomic E-state index is 14.3. The molecule has 111 heavy (non-hydrogen) atoms. The van der Waals surface area contributed by atoms with Gasteiger partial charge in [-0.2, -0.15) is 0 Å². The molecule has 0 aliphatic carbocycles. The molecule has 2 spiro atoms. The lowest BCUT2D eigenvalue weighted by molar-refractivity contribution is -0.417. The summed E-state index contributed by atoms with van der Waals surface area (Å²) in [4.78, 5) is 27.7. The Balaban J connectivity index is 0.644. The Morgan fingerprint density at radius 1 is 0.595 bits per heavy atom. The fourth-order valence-corrected chi connectivity index (χ4v) is 17.5. The molecule has 0 saturated carbocycles. The van der Waals surface area contributed by atoms with Crippen LogP contribution in [0.4, 0.5) is 0 Å². The predicted octanol–water partition coefficient (Wildman–Crippen LogP) is 1.07. The molecule has 626 valence electrons. The van der Waals surface area contributed by atoms with Crippen LogP contribution in [0, 0.1) is 13.8 Å². The highest BCUT2D eigenvalue weighted by Gasteiger charge is 2.70. The lowest BCUT2D eigenvalue weighted by Crippen LogP contribution is -2.68. The van der Waals surface area contributed by atoms with Crippen LogP contribution in [0.2, 0.25) is 10.0 Å². The number of esters is 2. The Bertz CT molecular complexity index is 3580. The normalized spacial score (nSPS) is 45.7.